The molecule has 0 fully saturated rings. The third kappa shape index (κ3) is 3.73. The Hall–Kier alpha value is -1.61. The average Bonchev–Trinajstić information content (AvgIpc) is 2.53. The van der Waals surface area contributed by atoms with Crippen LogP contribution in [-0.4, -0.2) is 17.8 Å². The summed E-state index contributed by atoms with van der Waals surface area (Å²) in [5.41, 5.74) is 6.48. The van der Waals surface area contributed by atoms with Crippen LogP contribution < -0.4 is 4.90 Å². The minimum Gasteiger partial charge on any atom is -0.364 e. The summed E-state index contributed by atoms with van der Waals surface area (Å²) in [5.74, 6) is 0.551. The number of anilines is 1. The Morgan fingerprint density at radius 3 is 2.46 bits per heavy atom. The summed E-state index contributed by atoms with van der Waals surface area (Å²) in [6, 6.07) is 13.3. The largest absolute Gasteiger partial charge is 0.364 e. The number of aliphatic imine (C=N–C) groups is 1. The highest BCUT2D eigenvalue weighted by Crippen LogP contribution is 2.45. The Morgan fingerprint density at radius 1 is 1.19 bits per heavy atom. The van der Waals surface area contributed by atoms with E-state index in [0.717, 1.165) is 10.2 Å². The summed E-state index contributed by atoms with van der Waals surface area (Å²) in [4.78, 5) is 7.26. The standard InChI is InChI=1S/C23H29BrN2/c1-15(2)26-22-11-16(3)18(12-21(22)17(4)13-23(26,5)6)14-25-20-9-7-19(24)8-10-20/h7-12,14-15,17H,13H2,1-6H3/t17-/m0/s1. The van der Waals surface area contributed by atoms with Gasteiger partial charge in [0.25, 0.3) is 0 Å². The zero-order valence-electron chi connectivity index (χ0n) is 16.7. The first-order valence-electron chi connectivity index (χ1n) is 9.42. The molecule has 2 aromatic carbocycles. The molecule has 2 aromatic rings. The molecule has 1 atom stereocenters. The van der Waals surface area contributed by atoms with Gasteiger partial charge in [0.15, 0.2) is 0 Å². The SMILES string of the molecule is Cc1cc2c(cc1C=Nc1ccc(Br)cc1)[C@@H](C)CC(C)(C)N2C(C)C. The highest BCUT2D eigenvalue weighted by molar-refractivity contribution is 9.10. The van der Waals surface area contributed by atoms with Crippen molar-refractivity contribution in [3.05, 3.63) is 57.6 Å². The van der Waals surface area contributed by atoms with Crippen LogP contribution in [0.3, 0.4) is 0 Å². The van der Waals surface area contributed by atoms with Gasteiger partial charge in [-0.1, -0.05) is 22.9 Å². The molecular formula is C23H29BrN2. The molecule has 0 amide bonds. The van der Waals surface area contributed by atoms with E-state index in [-0.39, 0.29) is 5.54 Å². The van der Waals surface area contributed by atoms with E-state index in [4.69, 9.17) is 0 Å². The van der Waals surface area contributed by atoms with E-state index >= 15 is 0 Å². The van der Waals surface area contributed by atoms with Crippen molar-refractivity contribution in [1.82, 2.24) is 0 Å². The Bertz CT molecular complexity index is 819. The number of hydrogen-bond donors (Lipinski definition) is 0. The molecule has 2 nitrogen and oxygen atoms in total. The number of hydrogen-bond acceptors (Lipinski definition) is 2. The van der Waals surface area contributed by atoms with E-state index in [2.05, 4.69) is 79.5 Å². The van der Waals surface area contributed by atoms with Crippen molar-refractivity contribution in [2.75, 3.05) is 4.90 Å². The van der Waals surface area contributed by atoms with Crippen LogP contribution in [0.15, 0.2) is 45.9 Å². The Kier molecular flexibility index (Phi) is 5.30. The molecule has 0 saturated carbocycles. The van der Waals surface area contributed by atoms with Crippen molar-refractivity contribution in [2.24, 2.45) is 4.99 Å². The van der Waals surface area contributed by atoms with Gasteiger partial charge in [-0.15, -0.1) is 0 Å². The van der Waals surface area contributed by atoms with Gasteiger partial charge in [0.05, 0.1) is 5.69 Å². The lowest BCUT2D eigenvalue weighted by molar-refractivity contribution is 0.356. The summed E-state index contributed by atoms with van der Waals surface area (Å²) in [5, 5.41) is 0. The maximum Gasteiger partial charge on any atom is 0.0630 e. The molecule has 0 aliphatic carbocycles. The minimum atomic E-state index is 0.181. The maximum atomic E-state index is 4.68. The van der Waals surface area contributed by atoms with E-state index < -0.39 is 0 Å². The number of benzene rings is 2. The summed E-state index contributed by atoms with van der Waals surface area (Å²) < 4.78 is 1.08. The number of fused-ring (bicyclic) bond motifs is 1. The summed E-state index contributed by atoms with van der Waals surface area (Å²) >= 11 is 3.47. The molecule has 0 radical (unpaired) electrons. The first kappa shape index (κ1) is 19.2. The van der Waals surface area contributed by atoms with E-state index in [0.29, 0.717) is 12.0 Å². The summed E-state index contributed by atoms with van der Waals surface area (Å²) in [6.45, 7) is 13.9. The number of aryl methyl sites for hydroxylation is 1. The predicted octanol–water partition coefficient (Wildman–Crippen LogP) is 7.01. The third-order valence-electron chi connectivity index (χ3n) is 5.36. The molecule has 0 saturated heterocycles. The van der Waals surface area contributed by atoms with E-state index in [1.165, 1.54) is 28.8 Å². The van der Waals surface area contributed by atoms with Crippen LogP contribution in [0.4, 0.5) is 11.4 Å². The van der Waals surface area contributed by atoms with E-state index in [1.807, 2.05) is 30.5 Å². The van der Waals surface area contributed by atoms with E-state index in [9.17, 15) is 0 Å². The van der Waals surface area contributed by atoms with Crippen LogP contribution in [-0.2, 0) is 0 Å². The second kappa shape index (κ2) is 7.19. The molecule has 1 aliphatic rings. The summed E-state index contributed by atoms with van der Waals surface area (Å²) in [7, 11) is 0. The molecule has 26 heavy (non-hydrogen) atoms. The Balaban J connectivity index is 2.01. The fourth-order valence-corrected chi connectivity index (χ4v) is 4.67. The van der Waals surface area contributed by atoms with Crippen molar-refractivity contribution < 1.29 is 0 Å². The van der Waals surface area contributed by atoms with Gasteiger partial charge >= 0.3 is 0 Å². The van der Waals surface area contributed by atoms with Gasteiger partial charge in [-0.25, -0.2) is 0 Å². The Morgan fingerprint density at radius 2 is 1.85 bits per heavy atom. The lowest BCUT2D eigenvalue weighted by Crippen LogP contribution is -2.51. The number of rotatable bonds is 3. The monoisotopic (exact) mass is 412 g/mol. The molecule has 0 aromatic heterocycles. The van der Waals surface area contributed by atoms with Gasteiger partial charge < -0.3 is 4.90 Å². The number of nitrogens with zero attached hydrogens (tertiary/aromatic N) is 2. The van der Waals surface area contributed by atoms with Gasteiger partial charge in [-0.3, -0.25) is 4.99 Å². The topological polar surface area (TPSA) is 15.6 Å². The van der Waals surface area contributed by atoms with Gasteiger partial charge in [0, 0.05) is 28.0 Å². The average molecular weight is 413 g/mol. The molecule has 0 bridgehead atoms. The van der Waals surface area contributed by atoms with Crippen molar-refractivity contribution in [1.29, 1.82) is 0 Å². The van der Waals surface area contributed by atoms with Gasteiger partial charge in [0.2, 0.25) is 0 Å². The van der Waals surface area contributed by atoms with Crippen LogP contribution in [0.1, 0.15) is 63.6 Å². The van der Waals surface area contributed by atoms with Crippen molar-refractivity contribution >= 4 is 33.5 Å². The molecule has 0 unspecified atom stereocenters. The van der Waals surface area contributed by atoms with Gasteiger partial charge in [-0.05, 0) is 100 Å². The van der Waals surface area contributed by atoms with Crippen LogP contribution in [0, 0.1) is 6.92 Å². The smallest absolute Gasteiger partial charge is 0.0630 e. The molecule has 1 aliphatic heterocycles. The molecule has 3 heteroatoms. The zero-order valence-corrected chi connectivity index (χ0v) is 18.3. The molecule has 3 rings (SSSR count). The molecule has 1 heterocycles. The third-order valence-corrected chi connectivity index (χ3v) is 5.89. The van der Waals surface area contributed by atoms with Crippen molar-refractivity contribution in [3.8, 4) is 0 Å². The van der Waals surface area contributed by atoms with Crippen molar-refractivity contribution in [2.45, 2.75) is 65.5 Å². The van der Waals surface area contributed by atoms with Crippen LogP contribution in [0.2, 0.25) is 0 Å². The predicted molar refractivity (Wildman–Crippen MR) is 117 cm³/mol. The number of halogens is 1. The zero-order chi connectivity index (χ0) is 19.1. The highest BCUT2D eigenvalue weighted by Gasteiger charge is 2.37. The van der Waals surface area contributed by atoms with Gasteiger partial charge in [0.1, 0.15) is 0 Å². The molecule has 0 spiro atoms. The molecular weight excluding hydrogens is 384 g/mol. The lowest BCUT2D eigenvalue weighted by Gasteiger charge is -2.50. The molecule has 0 N–H and O–H groups in total. The minimum absolute atomic E-state index is 0.181. The second-order valence-corrected chi connectivity index (χ2v) is 9.30. The Labute approximate surface area is 166 Å². The van der Waals surface area contributed by atoms with Crippen molar-refractivity contribution in [3.63, 3.8) is 0 Å². The fraction of sp³-hybridized carbons (Fsp3) is 0.435. The van der Waals surface area contributed by atoms with Crippen LogP contribution >= 0.6 is 15.9 Å². The normalized spacial score (nSPS) is 19.2. The van der Waals surface area contributed by atoms with Crippen LogP contribution in [0.5, 0.6) is 0 Å². The fourth-order valence-electron chi connectivity index (χ4n) is 4.40. The lowest BCUT2D eigenvalue weighted by atomic mass is 9.78. The van der Waals surface area contributed by atoms with E-state index in [1.54, 1.807) is 0 Å². The van der Waals surface area contributed by atoms with Crippen LogP contribution in [0.25, 0.3) is 0 Å². The second-order valence-electron chi connectivity index (χ2n) is 8.38. The first-order chi connectivity index (χ1) is 12.2. The molecule has 138 valence electrons. The first-order valence-corrected chi connectivity index (χ1v) is 10.2. The highest BCUT2D eigenvalue weighted by atomic mass is 79.9. The van der Waals surface area contributed by atoms with Gasteiger partial charge in [-0.2, -0.15) is 0 Å². The maximum absolute atomic E-state index is 4.68. The quantitative estimate of drug-likeness (QED) is 0.494. The summed E-state index contributed by atoms with van der Waals surface area (Å²) in [6.07, 6.45) is 3.18.